The molecule has 9 nitrogen and oxygen atoms in total. The SMILES string of the molecule is CC(C)C(NC(=O)C(NC(=O)COc1ccc2c3c(c(=O)oc2c1)CCCC3)C(C)C)C(=O)O. The predicted octanol–water partition coefficient (Wildman–Crippen LogP) is 2.42. The Balaban J connectivity index is 1.66. The molecule has 34 heavy (non-hydrogen) atoms. The molecule has 3 rings (SSSR count). The van der Waals surface area contributed by atoms with Gasteiger partial charge in [-0.25, -0.2) is 9.59 Å². The molecule has 1 aromatic heterocycles. The van der Waals surface area contributed by atoms with Gasteiger partial charge in [0.1, 0.15) is 23.4 Å². The topological polar surface area (TPSA) is 135 Å². The summed E-state index contributed by atoms with van der Waals surface area (Å²) in [5.74, 6) is -2.46. The Morgan fingerprint density at radius 1 is 1.00 bits per heavy atom. The zero-order chi connectivity index (χ0) is 25.0. The van der Waals surface area contributed by atoms with Crippen molar-refractivity contribution in [3.8, 4) is 5.75 Å². The molecule has 1 aliphatic carbocycles. The summed E-state index contributed by atoms with van der Waals surface area (Å²) in [7, 11) is 0. The molecular formula is C25H32N2O7. The van der Waals surface area contributed by atoms with Gasteiger partial charge >= 0.3 is 11.6 Å². The molecule has 2 aromatic rings. The molecule has 0 saturated heterocycles. The second kappa shape index (κ2) is 10.7. The van der Waals surface area contributed by atoms with Crippen molar-refractivity contribution in [3.63, 3.8) is 0 Å². The molecule has 3 N–H and O–H groups in total. The number of ether oxygens (including phenoxy) is 1. The van der Waals surface area contributed by atoms with Gasteiger partial charge in [0, 0.05) is 17.0 Å². The Hall–Kier alpha value is -3.36. The van der Waals surface area contributed by atoms with E-state index in [1.54, 1.807) is 39.8 Å². The summed E-state index contributed by atoms with van der Waals surface area (Å²) >= 11 is 0. The van der Waals surface area contributed by atoms with Gasteiger partial charge in [-0.05, 0) is 55.2 Å². The molecule has 0 radical (unpaired) electrons. The fraction of sp³-hybridized carbons (Fsp3) is 0.520. The van der Waals surface area contributed by atoms with E-state index in [9.17, 15) is 24.3 Å². The lowest BCUT2D eigenvalue weighted by Crippen LogP contribution is -2.55. The maximum atomic E-state index is 12.6. The van der Waals surface area contributed by atoms with Crippen LogP contribution in [0.1, 0.15) is 51.7 Å². The van der Waals surface area contributed by atoms with Crippen LogP contribution in [0.5, 0.6) is 5.75 Å². The van der Waals surface area contributed by atoms with Gasteiger partial charge in [0.2, 0.25) is 5.91 Å². The molecule has 2 unspecified atom stereocenters. The number of carbonyl (C=O) groups excluding carboxylic acids is 2. The zero-order valence-electron chi connectivity index (χ0n) is 20.0. The third-order valence-electron chi connectivity index (χ3n) is 6.06. The lowest BCUT2D eigenvalue weighted by atomic mass is 9.91. The number of aryl methyl sites for hydroxylation is 1. The van der Waals surface area contributed by atoms with Gasteiger partial charge in [-0.15, -0.1) is 0 Å². The molecule has 9 heteroatoms. The third-order valence-corrected chi connectivity index (χ3v) is 6.06. The Labute approximate surface area is 197 Å². The summed E-state index contributed by atoms with van der Waals surface area (Å²) in [6.07, 6.45) is 3.56. The molecule has 1 aromatic carbocycles. The average Bonchev–Trinajstić information content (AvgIpc) is 2.78. The minimum absolute atomic E-state index is 0.272. The Bertz CT molecular complexity index is 1140. The molecule has 0 fully saturated rings. The second-order valence-corrected chi connectivity index (χ2v) is 9.36. The number of amides is 2. The van der Waals surface area contributed by atoms with E-state index < -0.39 is 29.9 Å². The minimum atomic E-state index is -1.13. The molecule has 0 bridgehead atoms. The van der Waals surface area contributed by atoms with E-state index in [0.29, 0.717) is 11.3 Å². The van der Waals surface area contributed by atoms with Crippen LogP contribution in [0.4, 0.5) is 0 Å². The summed E-state index contributed by atoms with van der Waals surface area (Å²) in [5.41, 5.74) is 1.85. The van der Waals surface area contributed by atoms with Crippen LogP contribution in [-0.2, 0) is 27.2 Å². The third kappa shape index (κ3) is 5.76. The van der Waals surface area contributed by atoms with Gasteiger partial charge in [-0.2, -0.15) is 0 Å². The number of rotatable bonds is 9. The van der Waals surface area contributed by atoms with Gasteiger partial charge in [0.05, 0.1) is 0 Å². The van der Waals surface area contributed by atoms with Gasteiger partial charge < -0.3 is 24.9 Å². The maximum absolute atomic E-state index is 12.6. The lowest BCUT2D eigenvalue weighted by Gasteiger charge is -2.25. The van der Waals surface area contributed by atoms with Gasteiger partial charge in [-0.1, -0.05) is 27.7 Å². The van der Waals surface area contributed by atoms with Crippen LogP contribution in [-0.4, -0.2) is 41.6 Å². The fourth-order valence-corrected chi connectivity index (χ4v) is 4.17. The molecule has 0 saturated carbocycles. The Morgan fingerprint density at radius 3 is 2.26 bits per heavy atom. The van der Waals surface area contributed by atoms with Gasteiger partial charge in [-0.3, -0.25) is 9.59 Å². The highest BCUT2D eigenvalue weighted by Crippen LogP contribution is 2.29. The second-order valence-electron chi connectivity index (χ2n) is 9.36. The van der Waals surface area contributed by atoms with Crippen LogP contribution in [0.15, 0.2) is 27.4 Å². The average molecular weight is 473 g/mol. The highest BCUT2D eigenvalue weighted by atomic mass is 16.5. The lowest BCUT2D eigenvalue weighted by molar-refractivity contribution is -0.143. The minimum Gasteiger partial charge on any atom is -0.484 e. The standard InChI is InChI=1S/C25H32N2O7/c1-13(2)21(23(29)27-22(14(3)4)24(30)31)26-20(28)12-33-15-9-10-17-16-7-5-6-8-18(16)25(32)34-19(17)11-15/h9-11,13-14,21-22H,5-8,12H2,1-4H3,(H,26,28)(H,27,29)(H,30,31). The van der Waals surface area contributed by atoms with Crippen LogP contribution >= 0.6 is 0 Å². The highest BCUT2D eigenvalue weighted by Gasteiger charge is 2.30. The first-order valence-corrected chi connectivity index (χ1v) is 11.6. The van der Waals surface area contributed by atoms with E-state index in [-0.39, 0.29) is 24.1 Å². The highest BCUT2D eigenvalue weighted by molar-refractivity contribution is 5.91. The van der Waals surface area contributed by atoms with Crippen molar-refractivity contribution in [1.29, 1.82) is 0 Å². The summed E-state index contributed by atoms with van der Waals surface area (Å²) < 4.78 is 11.1. The molecule has 0 aliphatic heterocycles. The number of hydrogen-bond acceptors (Lipinski definition) is 6. The molecule has 184 valence electrons. The summed E-state index contributed by atoms with van der Waals surface area (Å²) in [6, 6.07) is 3.17. The zero-order valence-corrected chi connectivity index (χ0v) is 20.0. The van der Waals surface area contributed by atoms with Crippen LogP contribution < -0.4 is 21.0 Å². The van der Waals surface area contributed by atoms with Crippen molar-refractivity contribution >= 4 is 28.8 Å². The van der Waals surface area contributed by atoms with E-state index in [4.69, 9.17) is 9.15 Å². The van der Waals surface area contributed by atoms with Gasteiger partial charge in [0.15, 0.2) is 6.61 Å². The predicted molar refractivity (Wildman–Crippen MR) is 126 cm³/mol. The fourth-order valence-electron chi connectivity index (χ4n) is 4.17. The number of carboxylic acid groups (broad SMARTS) is 1. The molecule has 1 aliphatic rings. The van der Waals surface area contributed by atoms with Crippen LogP contribution in [0, 0.1) is 11.8 Å². The quantitative estimate of drug-likeness (QED) is 0.477. The summed E-state index contributed by atoms with van der Waals surface area (Å²) in [6.45, 7) is 6.53. The van der Waals surface area contributed by atoms with Crippen molar-refractivity contribution in [2.24, 2.45) is 11.8 Å². The number of hydrogen-bond donors (Lipinski definition) is 3. The largest absolute Gasteiger partial charge is 0.484 e. The van der Waals surface area contributed by atoms with E-state index in [0.717, 1.165) is 42.2 Å². The van der Waals surface area contributed by atoms with E-state index >= 15 is 0 Å². The number of aliphatic carboxylic acids is 1. The van der Waals surface area contributed by atoms with Crippen molar-refractivity contribution in [2.75, 3.05) is 6.61 Å². The van der Waals surface area contributed by atoms with Crippen LogP contribution in [0.2, 0.25) is 0 Å². The first-order chi connectivity index (χ1) is 16.1. The number of nitrogens with one attached hydrogen (secondary N) is 2. The van der Waals surface area contributed by atoms with Crippen molar-refractivity contribution in [2.45, 2.75) is 65.5 Å². The van der Waals surface area contributed by atoms with E-state index in [1.165, 1.54) is 0 Å². The number of fused-ring (bicyclic) bond motifs is 3. The van der Waals surface area contributed by atoms with E-state index in [2.05, 4.69) is 10.6 Å². The monoisotopic (exact) mass is 472 g/mol. The molecule has 0 spiro atoms. The molecule has 1 heterocycles. The van der Waals surface area contributed by atoms with Crippen molar-refractivity contribution < 1.29 is 28.6 Å². The number of benzene rings is 1. The Morgan fingerprint density at radius 2 is 1.65 bits per heavy atom. The molecule has 2 amide bonds. The first-order valence-electron chi connectivity index (χ1n) is 11.6. The number of carboxylic acids is 1. The Kier molecular flexibility index (Phi) is 7.96. The molecular weight excluding hydrogens is 440 g/mol. The first kappa shape index (κ1) is 25.3. The smallest absolute Gasteiger partial charge is 0.339 e. The normalized spacial score (nSPS) is 15.0. The summed E-state index contributed by atoms with van der Waals surface area (Å²) in [4.78, 5) is 48.8. The maximum Gasteiger partial charge on any atom is 0.339 e. The van der Waals surface area contributed by atoms with Crippen LogP contribution in [0.25, 0.3) is 11.0 Å². The molecule has 2 atom stereocenters. The number of carbonyl (C=O) groups is 3. The van der Waals surface area contributed by atoms with Gasteiger partial charge in [0.25, 0.3) is 5.91 Å². The van der Waals surface area contributed by atoms with Crippen molar-refractivity contribution in [1.82, 2.24) is 10.6 Å². The van der Waals surface area contributed by atoms with Crippen LogP contribution in [0.3, 0.4) is 0 Å². The van der Waals surface area contributed by atoms with E-state index in [1.807, 2.05) is 6.07 Å². The summed E-state index contributed by atoms with van der Waals surface area (Å²) in [5, 5.41) is 15.3. The van der Waals surface area contributed by atoms with Crippen molar-refractivity contribution in [3.05, 3.63) is 39.7 Å².